The Bertz CT molecular complexity index is 796. The van der Waals surface area contributed by atoms with Gasteiger partial charge in [-0.25, -0.2) is 0 Å². The van der Waals surface area contributed by atoms with Crippen LogP contribution in [0.15, 0.2) is 48.5 Å². The minimum absolute atomic E-state index is 0.0114. The second kappa shape index (κ2) is 9.52. The van der Waals surface area contributed by atoms with Gasteiger partial charge in [0.1, 0.15) is 5.75 Å². The molecule has 0 aliphatic heterocycles. The number of rotatable bonds is 8. The van der Waals surface area contributed by atoms with Crippen LogP contribution >= 0.6 is 0 Å². The fourth-order valence-corrected chi connectivity index (χ4v) is 2.39. The summed E-state index contributed by atoms with van der Waals surface area (Å²) >= 11 is 0. The third-order valence-corrected chi connectivity index (χ3v) is 3.90. The fraction of sp³-hybridized carbons (Fsp3) is 0.286. The van der Waals surface area contributed by atoms with E-state index in [-0.39, 0.29) is 17.6 Å². The summed E-state index contributed by atoms with van der Waals surface area (Å²) in [5.41, 5.74) is 1.86. The van der Waals surface area contributed by atoms with Crippen molar-refractivity contribution in [1.82, 2.24) is 4.90 Å². The van der Waals surface area contributed by atoms with Gasteiger partial charge in [-0.3, -0.25) is 14.4 Å². The molecule has 0 atom stereocenters. The molecule has 0 fully saturated rings. The first-order valence-electron chi connectivity index (χ1n) is 8.72. The summed E-state index contributed by atoms with van der Waals surface area (Å²) in [6, 6.07) is 13.7. The summed E-state index contributed by atoms with van der Waals surface area (Å²) in [6.45, 7) is 1.92. The number of carbonyl (C=O) groups is 3. The van der Waals surface area contributed by atoms with Crippen LogP contribution in [0.3, 0.4) is 0 Å². The van der Waals surface area contributed by atoms with Crippen LogP contribution < -0.4 is 10.1 Å². The summed E-state index contributed by atoms with van der Waals surface area (Å²) in [5.74, 6) is 0.484. The van der Waals surface area contributed by atoms with Gasteiger partial charge in [0.05, 0.1) is 6.61 Å². The number of ether oxygens (including phenoxy) is 1. The Morgan fingerprint density at radius 1 is 0.926 bits per heavy atom. The van der Waals surface area contributed by atoms with Gasteiger partial charge in [-0.05, 0) is 61.9 Å². The first-order valence-corrected chi connectivity index (χ1v) is 8.72. The predicted molar refractivity (Wildman–Crippen MR) is 104 cm³/mol. The lowest BCUT2D eigenvalue weighted by molar-refractivity contribution is -0.116. The predicted octanol–water partition coefficient (Wildman–Crippen LogP) is 3.39. The molecule has 0 spiro atoms. The van der Waals surface area contributed by atoms with E-state index in [0.29, 0.717) is 42.0 Å². The van der Waals surface area contributed by atoms with Crippen molar-refractivity contribution >= 4 is 23.3 Å². The second-order valence-electron chi connectivity index (χ2n) is 6.36. The first-order chi connectivity index (χ1) is 12.9. The van der Waals surface area contributed by atoms with E-state index >= 15 is 0 Å². The van der Waals surface area contributed by atoms with Gasteiger partial charge in [-0.15, -0.1) is 0 Å². The van der Waals surface area contributed by atoms with Gasteiger partial charge in [-0.2, -0.15) is 0 Å². The van der Waals surface area contributed by atoms with Gasteiger partial charge < -0.3 is 15.0 Å². The standard InChI is InChI=1S/C21H24N2O4/c1-15(24)16-8-12-19(13-9-16)27-14-4-5-20(25)22-18-10-6-17(7-11-18)21(26)23(2)3/h6-13H,4-5,14H2,1-3H3,(H,22,25). The van der Waals surface area contributed by atoms with Gasteiger partial charge in [-0.1, -0.05) is 0 Å². The number of nitrogens with zero attached hydrogens (tertiary/aromatic N) is 1. The smallest absolute Gasteiger partial charge is 0.253 e. The molecule has 2 aromatic rings. The third-order valence-electron chi connectivity index (χ3n) is 3.90. The molecule has 0 bridgehead atoms. The zero-order chi connectivity index (χ0) is 19.8. The molecule has 0 aromatic heterocycles. The molecular weight excluding hydrogens is 344 g/mol. The maximum atomic E-state index is 12.0. The van der Waals surface area contributed by atoms with Gasteiger partial charge >= 0.3 is 0 Å². The average Bonchev–Trinajstić information content (AvgIpc) is 2.65. The molecule has 0 aliphatic rings. The average molecular weight is 368 g/mol. The summed E-state index contributed by atoms with van der Waals surface area (Å²) < 4.78 is 5.57. The van der Waals surface area contributed by atoms with Gasteiger partial charge in [0.25, 0.3) is 5.91 Å². The molecule has 6 heteroatoms. The molecule has 2 aromatic carbocycles. The van der Waals surface area contributed by atoms with Crippen molar-refractivity contribution in [3.05, 3.63) is 59.7 Å². The number of ketones is 1. The normalized spacial score (nSPS) is 10.2. The van der Waals surface area contributed by atoms with Crippen LogP contribution in [-0.4, -0.2) is 43.2 Å². The van der Waals surface area contributed by atoms with Crippen LogP contribution in [0, 0.1) is 0 Å². The minimum atomic E-state index is -0.114. The van der Waals surface area contributed by atoms with Crippen LogP contribution in [0.5, 0.6) is 5.75 Å². The van der Waals surface area contributed by atoms with Crippen LogP contribution in [0.4, 0.5) is 5.69 Å². The van der Waals surface area contributed by atoms with Crippen LogP contribution in [0.1, 0.15) is 40.5 Å². The Hall–Kier alpha value is -3.15. The molecule has 0 radical (unpaired) electrons. The molecule has 1 N–H and O–H groups in total. The van der Waals surface area contributed by atoms with Crippen molar-refractivity contribution in [2.45, 2.75) is 19.8 Å². The largest absolute Gasteiger partial charge is 0.494 e. The molecule has 142 valence electrons. The highest BCUT2D eigenvalue weighted by Crippen LogP contribution is 2.14. The Morgan fingerprint density at radius 3 is 2.07 bits per heavy atom. The topological polar surface area (TPSA) is 75.7 Å². The zero-order valence-corrected chi connectivity index (χ0v) is 15.8. The number of amides is 2. The van der Waals surface area contributed by atoms with Gasteiger partial charge in [0, 0.05) is 37.3 Å². The SMILES string of the molecule is CC(=O)c1ccc(OCCCC(=O)Nc2ccc(C(=O)N(C)C)cc2)cc1. The number of Topliss-reactive ketones (excluding diaryl/α,β-unsaturated/α-hetero) is 1. The number of anilines is 1. The van der Waals surface area contributed by atoms with E-state index in [1.54, 1.807) is 62.6 Å². The molecule has 27 heavy (non-hydrogen) atoms. The maximum Gasteiger partial charge on any atom is 0.253 e. The van der Waals surface area contributed by atoms with Crippen molar-refractivity contribution in [2.24, 2.45) is 0 Å². The van der Waals surface area contributed by atoms with Crippen molar-refractivity contribution in [1.29, 1.82) is 0 Å². The Kier molecular flexibility index (Phi) is 7.11. The lowest BCUT2D eigenvalue weighted by Gasteiger charge is -2.11. The van der Waals surface area contributed by atoms with Crippen LogP contribution in [-0.2, 0) is 4.79 Å². The maximum absolute atomic E-state index is 12.0. The molecule has 0 aliphatic carbocycles. The first kappa shape index (κ1) is 20.2. The Morgan fingerprint density at radius 2 is 1.52 bits per heavy atom. The quantitative estimate of drug-likeness (QED) is 0.572. The molecule has 2 amide bonds. The minimum Gasteiger partial charge on any atom is -0.494 e. The van der Waals surface area contributed by atoms with E-state index in [4.69, 9.17) is 4.74 Å². The van der Waals surface area contributed by atoms with Crippen LogP contribution in [0.2, 0.25) is 0 Å². The van der Waals surface area contributed by atoms with E-state index in [2.05, 4.69) is 5.32 Å². The molecule has 2 rings (SSSR count). The van der Waals surface area contributed by atoms with Crippen molar-refractivity contribution in [3.63, 3.8) is 0 Å². The lowest BCUT2D eigenvalue weighted by Crippen LogP contribution is -2.21. The molecule has 6 nitrogen and oxygen atoms in total. The highest BCUT2D eigenvalue weighted by atomic mass is 16.5. The Balaban J connectivity index is 1.73. The monoisotopic (exact) mass is 368 g/mol. The van der Waals surface area contributed by atoms with Gasteiger partial charge in [0.2, 0.25) is 5.91 Å². The number of carbonyl (C=O) groups excluding carboxylic acids is 3. The van der Waals surface area contributed by atoms with E-state index in [1.807, 2.05) is 0 Å². The third kappa shape index (κ3) is 6.26. The fourth-order valence-electron chi connectivity index (χ4n) is 2.39. The highest BCUT2D eigenvalue weighted by Gasteiger charge is 2.08. The molecular formula is C21H24N2O4. The number of hydrogen-bond donors (Lipinski definition) is 1. The van der Waals surface area contributed by atoms with Crippen molar-refractivity contribution < 1.29 is 19.1 Å². The van der Waals surface area contributed by atoms with E-state index in [9.17, 15) is 14.4 Å². The van der Waals surface area contributed by atoms with Crippen molar-refractivity contribution in [2.75, 3.05) is 26.0 Å². The van der Waals surface area contributed by atoms with Gasteiger partial charge in [0.15, 0.2) is 5.78 Å². The summed E-state index contributed by atoms with van der Waals surface area (Å²) in [6.07, 6.45) is 0.890. The summed E-state index contributed by atoms with van der Waals surface area (Å²) in [7, 11) is 3.38. The van der Waals surface area contributed by atoms with Crippen LogP contribution in [0.25, 0.3) is 0 Å². The summed E-state index contributed by atoms with van der Waals surface area (Å²) in [5, 5.41) is 2.80. The number of benzene rings is 2. The summed E-state index contributed by atoms with van der Waals surface area (Å²) in [4.78, 5) is 36.5. The van der Waals surface area contributed by atoms with E-state index in [1.165, 1.54) is 11.8 Å². The number of nitrogens with one attached hydrogen (secondary N) is 1. The second-order valence-corrected chi connectivity index (χ2v) is 6.36. The van der Waals surface area contributed by atoms with E-state index < -0.39 is 0 Å². The number of hydrogen-bond acceptors (Lipinski definition) is 4. The zero-order valence-electron chi connectivity index (χ0n) is 15.8. The Labute approximate surface area is 159 Å². The molecule has 0 unspecified atom stereocenters. The lowest BCUT2D eigenvalue weighted by atomic mass is 10.1. The molecule has 0 heterocycles. The molecule has 0 saturated heterocycles. The van der Waals surface area contributed by atoms with Crippen molar-refractivity contribution in [3.8, 4) is 5.75 Å². The highest BCUT2D eigenvalue weighted by molar-refractivity contribution is 5.95. The molecule has 0 saturated carbocycles. The van der Waals surface area contributed by atoms with E-state index in [0.717, 1.165) is 0 Å².